The number of aromatic nitrogens is 2. The number of hydrogen-bond acceptors (Lipinski definition) is 5. The van der Waals surface area contributed by atoms with Crippen molar-refractivity contribution in [1.82, 2.24) is 9.97 Å². The maximum Gasteiger partial charge on any atom is 0.229 e. The Balaban J connectivity index is 1.86. The second kappa shape index (κ2) is 7.11. The average molecular weight is 355 g/mol. The van der Waals surface area contributed by atoms with Crippen LogP contribution in [0.25, 0.3) is 0 Å². The largest absolute Gasteiger partial charge is 0.340 e. The highest BCUT2D eigenvalue weighted by Crippen LogP contribution is 2.23. The van der Waals surface area contributed by atoms with Gasteiger partial charge in [0.05, 0.1) is 17.3 Å². The van der Waals surface area contributed by atoms with Crippen LogP contribution >= 0.6 is 0 Å². The van der Waals surface area contributed by atoms with Crippen LogP contribution in [0.4, 0.5) is 36.3 Å². The van der Waals surface area contributed by atoms with E-state index in [4.69, 9.17) is 5.26 Å². The Morgan fingerprint density at radius 3 is 2.35 bits per heavy atom. The van der Waals surface area contributed by atoms with Crippen molar-refractivity contribution in [1.29, 1.82) is 5.26 Å². The molecular formula is C18H12F3N5. The lowest BCUT2D eigenvalue weighted by molar-refractivity contribution is 0.449. The predicted molar refractivity (Wildman–Crippen MR) is 90.8 cm³/mol. The number of benzene rings is 2. The van der Waals surface area contributed by atoms with Gasteiger partial charge in [-0.3, -0.25) is 0 Å². The molecule has 0 aliphatic carbocycles. The van der Waals surface area contributed by atoms with E-state index < -0.39 is 17.5 Å². The van der Waals surface area contributed by atoms with Gasteiger partial charge in [0, 0.05) is 17.4 Å². The second-order valence-electron chi connectivity index (χ2n) is 5.38. The lowest BCUT2D eigenvalue weighted by Gasteiger charge is -2.11. The molecule has 8 heteroatoms. The minimum atomic E-state index is -1.57. The van der Waals surface area contributed by atoms with Gasteiger partial charge in [-0.2, -0.15) is 10.2 Å². The quantitative estimate of drug-likeness (QED) is 0.671. The molecule has 1 heterocycles. The van der Waals surface area contributed by atoms with Crippen LogP contribution < -0.4 is 10.6 Å². The third kappa shape index (κ3) is 3.72. The molecular weight excluding hydrogens is 343 g/mol. The van der Waals surface area contributed by atoms with Gasteiger partial charge in [0.15, 0.2) is 17.5 Å². The zero-order valence-electron chi connectivity index (χ0n) is 13.5. The Kier molecular flexibility index (Phi) is 4.71. The third-order valence-corrected chi connectivity index (χ3v) is 3.42. The van der Waals surface area contributed by atoms with E-state index >= 15 is 0 Å². The number of halogens is 3. The van der Waals surface area contributed by atoms with Gasteiger partial charge in [-0.25, -0.2) is 18.2 Å². The molecule has 0 saturated carbocycles. The fourth-order valence-electron chi connectivity index (χ4n) is 2.21. The van der Waals surface area contributed by atoms with Crippen molar-refractivity contribution < 1.29 is 13.2 Å². The highest BCUT2D eigenvalue weighted by molar-refractivity contribution is 5.61. The summed E-state index contributed by atoms with van der Waals surface area (Å²) in [6, 6.07) is 12.3. The Hall–Kier alpha value is -3.60. The molecule has 0 atom stereocenters. The molecule has 1 aromatic heterocycles. The Morgan fingerprint density at radius 2 is 1.65 bits per heavy atom. The summed E-state index contributed by atoms with van der Waals surface area (Å²) in [5.41, 5.74) is 1.50. The molecule has 2 aromatic carbocycles. The van der Waals surface area contributed by atoms with Crippen LogP contribution in [0.5, 0.6) is 0 Å². The summed E-state index contributed by atoms with van der Waals surface area (Å²) in [7, 11) is 0. The topological polar surface area (TPSA) is 73.6 Å². The van der Waals surface area contributed by atoms with E-state index in [9.17, 15) is 13.2 Å². The predicted octanol–water partition coefficient (Wildman–Crippen LogP) is 4.56. The number of aryl methyl sites for hydroxylation is 1. The lowest BCUT2D eigenvalue weighted by Crippen LogP contribution is -2.05. The molecule has 0 radical (unpaired) electrons. The molecule has 0 fully saturated rings. The van der Waals surface area contributed by atoms with Gasteiger partial charge in [-0.15, -0.1) is 0 Å². The zero-order chi connectivity index (χ0) is 18.7. The first-order valence-electron chi connectivity index (χ1n) is 7.49. The van der Waals surface area contributed by atoms with E-state index in [2.05, 4.69) is 20.6 Å². The van der Waals surface area contributed by atoms with Crippen molar-refractivity contribution in [3.05, 3.63) is 71.2 Å². The zero-order valence-corrected chi connectivity index (χ0v) is 13.5. The molecule has 0 unspecified atom stereocenters. The minimum absolute atomic E-state index is 0.0195. The van der Waals surface area contributed by atoms with Gasteiger partial charge in [0.2, 0.25) is 5.95 Å². The fourth-order valence-corrected chi connectivity index (χ4v) is 2.21. The Labute approximate surface area is 147 Å². The van der Waals surface area contributed by atoms with Crippen LogP contribution in [0.3, 0.4) is 0 Å². The summed E-state index contributed by atoms with van der Waals surface area (Å²) in [6.45, 7) is 1.71. The Morgan fingerprint density at radius 1 is 0.923 bits per heavy atom. The van der Waals surface area contributed by atoms with Gasteiger partial charge in [0.25, 0.3) is 0 Å². The first-order valence-corrected chi connectivity index (χ1v) is 7.49. The standard InChI is InChI=1S/C18H12F3N5/c1-10-8-15(24-12-4-2-11(9-22)3-5-12)26-18(23-10)25-14-7-6-13(19)16(20)17(14)21/h2-8H,1H3,(H2,23,24,25,26). The van der Waals surface area contributed by atoms with Crippen molar-refractivity contribution in [3.8, 4) is 6.07 Å². The van der Waals surface area contributed by atoms with E-state index in [-0.39, 0.29) is 11.6 Å². The summed E-state index contributed by atoms with van der Waals surface area (Å²) >= 11 is 0. The summed E-state index contributed by atoms with van der Waals surface area (Å²) < 4.78 is 40.1. The van der Waals surface area contributed by atoms with Crippen molar-refractivity contribution in [2.45, 2.75) is 6.92 Å². The molecule has 2 N–H and O–H groups in total. The Bertz CT molecular complexity index is 997. The van der Waals surface area contributed by atoms with Crippen molar-refractivity contribution in [2.24, 2.45) is 0 Å². The molecule has 0 aliphatic heterocycles. The van der Waals surface area contributed by atoms with Crippen molar-refractivity contribution >= 4 is 23.1 Å². The average Bonchev–Trinajstić information content (AvgIpc) is 2.62. The van der Waals surface area contributed by atoms with Gasteiger partial charge >= 0.3 is 0 Å². The minimum Gasteiger partial charge on any atom is -0.340 e. The lowest BCUT2D eigenvalue weighted by atomic mass is 10.2. The molecule has 0 amide bonds. The summed E-state index contributed by atoms with van der Waals surface area (Å²) in [5, 5.41) is 14.4. The maximum atomic E-state index is 13.8. The van der Waals surface area contributed by atoms with Crippen LogP contribution in [0.2, 0.25) is 0 Å². The van der Waals surface area contributed by atoms with Crippen LogP contribution in [0.1, 0.15) is 11.3 Å². The number of nitrogens with one attached hydrogen (secondary N) is 2. The van der Waals surface area contributed by atoms with Crippen LogP contribution in [0, 0.1) is 35.7 Å². The van der Waals surface area contributed by atoms with Gasteiger partial charge in [-0.1, -0.05) is 0 Å². The van der Waals surface area contributed by atoms with Crippen molar-refractivity contribution in [2.75, 3.05) is 10.6 Å². The van der Waals surface area contributed by atoms with Gasteiger partial charge < -0.3 is 10.6 Å². The van der Waals surface area contributed by atoms with E-state index in [0.29, 0.717) is 22.8 Å². The normalized spacial score (nSPS) is 10.3. The SMILES string of the molecule is Cc1cc(Nc2ccc(C#N)cc2)nc(Nc2ccc(F)c(F)c2F)n1. The van der Waals surface area contributed by atoms with E-state index in [1.807, 2.05) is 6.07 Å². The van der Waals surface area contributed by atoms with Gasteiger partial charge in [-0.05, 0) is 43.3 Å². The molecule has 0 bridgehead atoms. The first kappa shape index (κ1) is 17.2. The maximum absolute atomic E-state index is 13.8. The molecule has 0 saturated heterocycles. The number of nitriles is 1. The van der Waals surface area contributed by atoms with Crippen LogP contribution in [0.15, 0.2) is 42.5 Å². The van der Waals surface area contributed by atoms with E-state index in [0.717, 1.165) is 12.1 Å². The highest BCUT2D eigenvalue weighted by Gasteiger charge is 2.14. The molecule has 26 heavy (non-hydrogen) atoms. The molecule has 0 spiro atoms. The van der Waals surface area contributed by atoms with Crippen LogP contribution in [-0.2, 0) is 0 Å². The second-order valence-corrected chi connectivity index (χ2v) is 5.38. The summed E-state index contributed by atoms with van der Waals surface area (Å²) in [6.07, 6.45) is 0. The number of hydrogen-bond donors (Lipinski definition) is 2. The van der Waals surface area contributed by atoms with Gasteiger partial charge in [0.1, 0.15) is 5.82 Å². The van der Waals surface area contributed by atoms with E-state index in [1.54, 1.807) is 37.3 Å². The monoisotopic (exact) mass is 355 g/mol. The molecule has 3 rings (SSSR count). The number of rotatable bonds is 4. The molecule has 3 aromatic rings. The third-order valence-electron chi connectivity index (χ3n) is 3.42. The fraction of sp³-hybridized carbons (Fsp3) is 0.0556. The summed E-state index contributed by atoms with van der Waals surface area (Å²) in [4.78, 5) is 8.28. The number of anilines is 4. The van der Waals surface area contributed by atoms with Crippen molar-refractivity contribution in [3.63, 3.8) is 0 Å². The number of nitrogens with zero attached hydrogens (tertiary/aromatic N) is 3. The smallest absolute Gasteiger partial charge is 0.229 e. The first-order chi connectivity index (χ1) is 12.5. The molecule has 5 nitrogen and oxygen atoms in total. The van der Waals surface area contributed by atoms with E-state index in [1.165, 1.54) is 0 Å². The molecule has 130 valence electrons. The summed E-state index contributed by atoms with van der Waals surface area (Å²) in [5.74, 6) is -3.77. The molecule has 0 aliphatic rings. The highest BCUT2D eigenvalue weighted by atomic mass is 19.2. The van der Waals surface area contributed by atoms with Crippen LogP contribution in [-0.4, -0.2) is 9.97 Å².